The lowest BCUT2D eigenvalue weighted by molar-refractivity contribution is -0.137. The number of rotatable bonds is 2. The minimum atomic E-state index is -4.46. The molecule has 1 heterocycles. The molecular weight excluding hydrogens is 360 g/mol. The lowest BCUT2D eigenvalue weighted by atomic mass is 9.64. The number of likely N-dealkylation sites (tertiary alicyclic amines) is 1. The van der Waals surface area contributed by atoms with Gasteiger partial charge >= 0.3 is 6.18 Å². The molecule has 1 saturated heterocycles. The lowest BCUT2D eigenvalue weighted by Crippen LogP contribution is -2.52. The molecule has 1 aliphatic rings. The maximum atomic E-state index is 13.3. The van der Waals surface area contributed by atoms with E-state index in [0.717, 1.165) is 12.1 Å². The second-order valence-electron chi connectivity index (χ2n) is 7.00. The zero-order valence-electron chi connectivity index (χ0n) is 14.8. The van der Waals surface area contributed by atoms with Crippen molar-refractivity contribution in [1.82, 2.24) is 4.90 Å². The van der Waals surface area contributed by atoms with E-state index in [-0.39, 0.29) is 18.2 Å². The summed E-state index contributed by atoms with van der Waals surface area (Å²) in [5.41, 5.74) is -0.591. The molecular formula is C20H18F4N2O. The molecule has 1 fully saturated rings. The van der Waals surface area contributed by atoms with Crippen LogP contribution in [-0.2, 0) is 16.4 Å². The Balaban J connectivity index is 2.11. The highest BCUT2D eigenvalue weighted by molar-refractivity contribution is 6.04. The van der Waals surface area contributed by atoms with Crippen LogP contribution in [0.25, 0.3) is 0 Å². The smallest absolute Gasteiger partial charge is 0.303 e. The highest BCUT2D eigenvalue weighted by Crippen LogP contribution is 2.46. The number of benzene rings is 2. The molecule has 0 unspecified atom stereocenters. The summed E-state index contributed by atoms with van der Waals surface area (Å²) < 4.78 is 51.9. The summed E-state index contributed by atoms with van der Waals surface area (Å²) in [4.78, 5) is 14.2. The molecule has 0 aromatic heterocycles. The van der Waals surface area contributed by atoms with Crippen molar-refractivity contribution in [2.75, 3.05) is 7.05 Å². The molecule has 0 saturated carbocycles. The third-order valence-corrected chi connectivity index (χ3v) is 5.23. The number of alkyl halides is 3. The Labute approximate surface area is 154 Å². The van der Waals surface area contributed by atoms with Gasteiger partial charge in [0, 0.05) is 18.9 Å². The van der Waals surface area contributed by atoms with E-state index in [4.69, 9.17) is 5.41 Å². The quantitative estimate of drug-likeness (QED) is 0.755. The van der Waals surface area contributed by atoms with Crippen molar-refractivity contribution in [3.8, 4) is 0 Å². The van der Waals surface area contributed by atoms with Crippen LogP contribution >= 0.6 is 0 Å². The van der Waals surface area contributed by atoms with E-state index < -0.39 is 28.9 Å². The molecule has 3 rings (SSSR count). The molecule has 1 N–H and O–H groups in total. The number of likely N-dealkylation sites (N-methyl/N-ethyl adjacent to an activating group) is 1. The summed E-state index contributed by atoms with van der Waals surface area (Å²) in [7, 11) is 1.48. The van der Waals surface area contributed by atoms with Crippen LogP contribution in [0.1, 0.15) is 36.0 Å². The molecule has 0 radical (unpaired) electrons. The summed E-state index contributed by atoms with van der Waals surface area (Å²) in [5, 5.41) is 8.12. The number of amides is 1. The minimum Gasteiger partial charge on any atom is -0.303 e. The predicted molar refractivity (Wildman–Crippen MR) is 93.1 cm³/mol. The predicted octanol–water partition coefficient (Wildman–Crippen LogP) is 4.73. The molecule has 3 nitrogen and oxygen atoms in total. The summed E-state index contributed by atoms with van der Waals surface area (Å²) in [6, 6.07) is 10.2. The van der Waals surface area contributed by atoms with Crippen molar-refractivity contribution >= 4 is 11.7 Å². The fourth-order valence-corrected chi connectivity index (χ4v) is 3.64. The number of hydrogen-bond acceptors (Lipinski definition) is 2. The van der Waals surface area contributed by atoms with Gasteiger partial charge in [0.2, 0.25) is 5.91 Å². The largest absolute Gasteiger partial charge is 0.416 e. The van der Waals surface area contributed by atoms with Crippen molar-refractivity contribution in [3.63, 3.8) is 0 Å². The number of amidine groups is 1. The number of nitrogens with zero attached hydrogens (tertiary/aromatic N) is 1. The van der Waals surface area contributed by atoms with Gasteiger partial charge in [-0.15, -0.1) is 0 Å². The first-order valence-corrected chi connectivity index (χ1v) is 8.32. The van der Waals surface area contributed by atoms with Gasteiger partial charge in [-0.1, -0.05) is 31.2 Å². The van der Waals surface area contributed by atoms with Crippen LogP contribution in [0, 0.1) is 11.2 Å². The standard InChI is InChI=1S/C20H18F4N2O/c1-19(13-7-9-15(21)10-8-13)11-16(25)26(2)18(27)17(19)12-3-5-14(6-4-12)20(22,23)24/h3-10,17,25H,11H2,1-2H3/t17-,19+/m0/s1. The third-order valence-electron chi connectivity index (χ3n) is 5.23. The van der Waals surface area contributed by atoms with E-state index >= 15 is 0 Å². The van der Waals surface area contributed by atoms with Gasteiger partial charge in [-0.3, -0.25) is 10.2 Å². The fourth-order valence-electron chi connectivity index (χ4n) is 3.64. The Morgan fingerprint density at radius 1 is 1.07 bits per heavy atom. The van der Waals surface area contributed by atoms with Crippen LogP contribution in [0.2, 0.25) is 0 Å². The van der Waals surface area contributed by atoms with E-state index in [1.165, 1.54) is 36.2 Å². The van der Waals surface area contributed by atoms with Gasteiger partial charge in [-0.05, 0) is 35.4 Å². The molecule has 1 aliphatic heterocycles. The SMILES string of the molecule is CN1C(=N)C[C@](C)(c2ccc(F)cc2)[C@@H](c2ccc(C(F)(F)F)cc2)C1=O. The van der Waals surface area contributed by atoms with Crippen LogP contribution in [0.4, 0.5) is 17.6 Å². The van der Waals surface area contributed by atoms with E-state index in [9.17, 15) is 22.4 Å². The van der Waals surface area contributed by atoms with Crippen molar-refractivity contribution in [3.05, 3.63) is 71.0 Å². The van der Waals surface area contributed by atoms with Gasteiger partial charge in [0.1, 0.15) is 11.7 Å². The van der Waals surface area contributed by atoms with Crippen molar-refractivity contribution < 1.29 is 22.4 Å². The molecule has 0 aliphatic carbocycles. The number of carbonyl (C=O) groups is 1. The first kappa shape index (κ1) is 19.1. The number of halogens is 4. The highest BCUT2D eigenvalue weighted by Gasteiger charge is 2.48. The maximum absolute atomic E-state index is 13.3. The zero-order valence-corrected chi connectivity index (χ0v) is 14.8. The second-order valence-corrected chi connectivity index (χ2v) is 7.00. The Morgan fingerprint density at radius 3 is 2.15 bits per heavy atom. The van der Waals surface area contributed by atoms with Crippen LogP contribution in [0.5, 0.6) is 0 Å². The minimum absolute atomic E-state index is 0.106. The van der Waals surface area contributed by atoms with E-state index in [0.29, 0.717) is 11.1 Å². The van der Waals surface area contributed by atoms with Crippen molar-refractivity contribution in [2.24, 2.45) is 0 Å². The molecule has 142 valence electrons. The van der Waals surface area contributed by atoms with Crippen LogP contribution in [0.3, 0.4) is 0 Å². The van der Waals surface area contributed by atoms with Crippen LogP contribution < -0.4 is 0 Å². The normalized spacial score (nSPS) is 23.6. The topological polar surface area (TPSA) is 44.2 Å². The van der Waals surface area contributed by atoms with E-state index in [1.807, 2.05) is 0 Å². The van der Waals surface area contributed by atoms with Gasteiger partial charge in [0.15, 0.2) is 0 Å². The summed E-state index contributed by atoms with van der Waals surface area (Å²) in [6.07, 6.45) is -4.26. The van der Waals surface area contributed by atoms with Crippen molar-refractivity contribution in [1.29, 1.82) is 5.41 Å². The molecule has 1 amide bonds. The Kier molecular flexibility index (Phi) is 4.57. The van der Waals surface area contributed by atoms with Gasteiger partial charge in [0.25, 0.3) is 0 Å². The van der Waals surface area contributed by atoms with Gasteiger partial charge in [0.05, 0.1) is 11.5 Å². The average Bonchev–Trinajstić information content (AvgIpc) is 2.60. The summed E-state index contributed by atoms with van der Waals surface area (Å²) in [6.45, 7) is 1.78. The fraction of sp³-hybridized carbons (Fsp3) is 0.300. The lowest BCUT2D eigenvalue weighted by Gasteiger charge is -2.44. The van der Waals surface area contributed by atoms with Crippen LogP contribution in [0.15, 0.2) is 48.5 Å². The molecule has 2 atom stereocenters. The first-order valence-electron chi connectivity index (χ1n) is 8.32. The van der Waals surface area contributed by atoms with E-state index in [1.54, 1.807) is 19.1 Å². The number of nitrogens with one attached hydrogen (secondary N) is 1. The highest BCUT2D eigenvalue weighted by atomic mass is 19.4. The summed E-state index contributed by atoms with van der Waals surface area (Å²) in [5.74, 6) is -1.49. The van der Waals surface area contributed by atoms with Gasteiger partial charge in [-0.2, -0.15) is 13.2 Å². The van der Waals surface area contributed by atoms with Crippen LogP contribution in [-0.4, -0.2) is 23.7 Å². The molecule has 7 heteroatoms. The zero-order chi connectivity index (χ0) is 20.0. The average molecular weight is 378 g/mol. The molecule has 0 bridgehead atoms. The molecule has 0 spiro atoms. The van der Waals surface area contributed by atoms with Gasteiger partial charge in [-0.25, -0.2) is 4.39 Å². The van der Waals surface area contributed by atoms with Gasteiger partial charge < -0.3 is 4.90 Å². The first-order chi connectivity index (χ1) is 12.5. The molecule has 27 heavy (non-hydrogen) atoms. The molecule has 2 aromatic carbocycles. The van der Waals surface area contributed by atoms with E-state index in [2.05, 4.69) is 0 Å². The Bertz CT molecular complexity index is 874. The Morgan fingerprint density at radius 2 is 1.63 bits per heavy atom. The summed E-state index contributed by atoms with van der Waals surface area (Å²) >= 11 is 0. The third kappa shape index (κ3) is 3.34. The number of hydrogen-bond donors (Lipinski definition) is 1. The monoisotopic (exact) mass is 378 g/mol. The maximum Gasteiger partial charge on any atom is 0.416 e. The number of piperidine rings is 1. The Hall–Kier alpha value is -2.70. The number of carbonyl (C=O) groups excluding carboxylic acids is 1. The second kappa shape index (κ2) is 6.48. The van der Waals surface area contributed by atoms with Crippen molar-refractivity contribution in [2.45, 2.75) is 30.9 Å². The molecule has 2 aromatic rings.